The predicted molar refractivity (Wildman–Crippen MR) is 88.7 cm³/mol. The molecule has 1 fully saturated rings. The second kappa shape index (κ2) is 6.91. The number of rotatable bonds is 5. The minimum atomic E-state index is -0.0323. The molecule has 1 heterocycles. The Morgan fingerprint density at radius 2 is 2.10 bits per heavy atom. The smallest absolute Gasteiger partial charge is 0.0757 e. The van der Waals surface area contributed by atoms with Crippen LogP contribution in [-0.4, -0.2) is 43.3 Å². The lowest BCUT2D eigenvalue weighted by Gasteiger charge is -2.42. The van der Waals surface area contributed by atoms with Gasteiger partial charge in [-0.05, 0) is 52.3 Å². The lowest BCUT2D eigenvalue weighted by atomic mass is 9.98. The van der Waals surface area contributed by atoms with Gasteiger partial charge in [0.1, 0.15) is 0 Å². The Kier molecular flexibility index (Phi) is 5.42. The van der Waals surface area contributed by atoms with Crippen molar-refractivity contribution in [3.63, 3.8) is 0 Å². The Morgan fingerprint density at radius 1 is 1.38 bits per heavy atom. The van der Waals surface area contributed by atoms with Crippen molar-refractivity contribution < 1.29 is 4.74 Å². The summed E-state index contributed by atoms with van der Waals surface area (Å²) < 4.78 is 5.98. The maximum absolute atomic E-state index is 5.98. The number of hydrogen-bond donors (Lipinski definition) is 1. The first-order valence-electron chi connectivity index (χ1n) is 8.04. The van der Waals surface area contributed by atoms with Crippen LogP contribution < -0.4 is 5.32 Å². The maximum atomic E-state index is 5.98. The van der Waals surface area contributed by atoms with E-state index >= 15 is 0 Å². The number of nitrogens with one attached hydrogen (secondary N) is 1. The summed E-state index contributed by atoms with van der Waals surface area (Å²) in [6.07, 6.45) is 1.45. The molecule has 0 radical (unpaired) electrons. The van der Waals surface area contributed by atoms with E-state index in [0.717, 1.165) is 26.1 Å². The van der Waals surface area contributed by atoms with Gasteiger partial charge in [0, 0.05) is 25.7 Å². The summed E-state index contributed by atoms with van der Waals surface area (Å²) in [5.74, 6) is 0. The largest absolute Gasteiger partial charge is 0.370 e. The molecule has 0 aromatic heterocycles. The van der Waals surface area contributed by atoms with Crippen molar-refractivity contribution >= 4 is 0 Å². The highest BCUT2D eigenvalue weighted by atomic mass is 16.5. The summed E-state index contributed by atoms with van der Waals surface area (Å²) in [5.41, 5.74) is 2.75. The molecule has 118 valence electrons. The number of hydrogen-bond acceptors (Lipinski definition) is 3. The zero-order chi connectivity index (χ0) is 15.5. The molecular formula is C18H30N2O. The molecule has 0 saturated carbocycles. The van der Waals surface area contributed by atoms with Crippen LogP contribution in [0.25, 0.3) is 0 Å². The first-order chi connectivity index (χ1) is 9.91. The van der Waals surface area contributed by atoms with Gasteiger partial charge < -0.3 is 10.1 Å². The summed E-state index contributed by atoms with van der Waals surface area (Å²) >= 11 is 0. The molecule has 0 spiro atoms. The fraction of sp³-hybridized carbons (Fsp3) is 0.667. The molecule has 1 aliphatic heterocycles. The van der Waals surface area contributed by atoms with Gasteiger partial charge in [0.15, 0.2) is 0 Å². The van der Waals surface area contributed by atoms with Gasteiger partial charge >= 0.3 is 0 Å². The Labute approximate surface area is 129 Å². The average Bonchev–Trinajstić information content (AvgIpc) is 2.39. The van der Waals surface area contributed by atoms with Gasteiger partial charge in [-0.1, -0.05) is 24.3 Å². The van der Waals surface area contributed by atoms with Crippen molar-refractivity contribution in [3.8, 4) is 0 Å². The van der Waals surface area contributed by atoms with E-state index in [1.807, 2.05) is 0 Å². The third-order valence-corrected chi connectivity index (χ3v) is 4.29. The second-order valence-corrected chi connectivity index (χ2v) is 6.91. The summed E-state index contributed by atoms with van der Waals surface area (Å²) in [4.78, 5) is 2.54. The van der Waals surface area contributed by atoms with E-state index in [4.69, 9.17) is 4.74 Å². The van der Waals surface area contributed by atoms with Crippen molar-refractivity contribution in [3.05, 3.63) is 35.4 Å². The third kappa shape index (κ3) is 4.53. The normalized spacial score (nSPS) is 24.0. The molecule has 3 nitrogen and oxygen atoms in total. The predicted octanol–water partition coefficient (Wildman–Crippen LogP) is 3.14. The van der Waals surface area contributed by atoms with Gasteiger partial charge in [0.05, 0.1) is 11.7 Å². The quantitative estimate of drug-likeness (QED) is 0.901. The fourth-order valence-corrected chi connectivity index (χ4v) is 3.50. The van der Waals surface area contributed by atoms with Crippen LogP contribution in [0.5, 0.6) is 0 Å². The second-order valence-electron chi connectivity index (χ2n) is 6.91. The Morgan fingerprint density at radius 3 is 2.71 bits per heavy atom. The van der Waals surface area contributed by atoms with Gasteiger partial charge in [0.2, 0.25) is 0 Å². The van der Waals surface area contributed by atoms with Crippen LogP contribution in [0.1, 0.15) is 44.4 Å². The van der Waals surface area contributed by atoms with Gasteiger partial charge in [0.25, 0.3) is 0 Å². The minimum absolute atomic E-state index is 0.0323. The highest BCUT2D eigenvalue weighted by Gasteiger charge is 2.31. The van der Waals surface area contributed by atoms with Gasteiger partial charge in [-0.15, -0.1) is 0 Å². The van der Waals surface area contributed by atoms with Gasteiger partial charge in [-0.3, -0.25) is 4.90 Å². The van der Waals surface area contributed by atoms with E-state index < -0.39 is 0 Å². The SMILES string of the molecule is CNC(CCN1CC(C)OC(C)(C)C1)c1ccccc1C. The topological polar surface area (TPSA) is 24.5 Å². The maximum Gasteiger partial charge on any atom is 0.0757 e. The van der Waals surface area contributed by atoms with Gasteiger partial charge in [-0.25, -0.2) is 0 Å². The fourth-order valence-electron chi connectivity index (χ4n) is 3.50. The summed E-state index contributed by atoms with van der Waals surface area (Å²) in [5, 5.41) is 3.47. The Balaban J connectivity index is 1.96. The van der Waals surface area contributed by atoms with E-state index in [-0.39, 0.29) is 5.60 Å². The summed E-state index contributed by atoms with van der Waals surface area (Å²) in [6, 6.07) is 9.10. The molecule has 3 heteroatoms. The van der Waals surface area contributed by atoms with E-state index in [0.29, 0.717) is 12.1 Å². The van der Waals surface area contributed by atoms with E-state index in [9.17, 15) is 0 Å². The molecule has 2 rings (SSSR count). The van der Waals surface area contributed by atoms with Crippen LogP contribution in [-0.2, 0) is 4.74 Å². The lowest BCUT2D eigenvalue weighted by molar-refractivity contribution is -0.129. The Hall–Kier alpha value is -0.900. The minimum Gasteiger partial charge on any atom is -0.370 e. The van der Waals surface area contributed by atoms with E-state index in [1.54, 1.807) is 0 Å². The molecule has 1 saturated heterocycles. The highest BCUT2D eigenvalue weighted by Crippen LogP contribution is 2.24. The van der Waals surface area contributed by atoms with Crippen molar-refractivity contribution in [2.45, 2.75) is 51.9 Å². The molecule has 0 amide bonds. The van der Waals surface area contributed by atoms with Crippen molar-refractivity contribution in [1.82, 2.24) is 10.2 Å². The molecule has 2 unspecified atom stereocenters. The zero-order valence-corrected chi connectivity index (χ0v) is 14.1. The average molecular weight is 290 g/mol. The van der Waals surface area contributed by atoms with Crippen molar-refractivity contribution in [2.24, 2.45) is 0 Å². The van der Waals surface area contributed by atoms with Crippen LogP contribution in [0.15, 0.2) is 24.3 Å². The number of aryl methyl sites for hydroxylation is 1. The molecule has 1 N–H and O–H groups in total. The molecule has 1 aromatic carbocycles. The standard InChI is InChI=1S/C18H30N2O/c1-14-8-6-7-9-16(14)17(19-5)10-11-20-12-15(2)21-18(3,4)13-20/h6-9,15,17,19H,10-13H2,1-5H3. The van der Waals surface area contributed by atoms with E-state index in [1.165, 1.54) is 11.1 Å². The summed E-state index contributed by atoms with van der Waals surface area (Å²) in [7, 11) is 2.06. The first kappa shape index (κ1) is 16.5. The molecule has 1 aromatic rings. The van der Waals surface area contributed by atoms with Crippen LogP contribution in [0.4, 0.5) is 0 Å². The third-order valence-electron chi connectivity index (χ3n) is 4.29. The Bertz CT molecular complexity index is 458. The number of benzene rings is 1. The van der Waals surface area contributed by atoms with Crippen LogP contribution in [0.2, 0.25) is 0 Å². The molecular weight excluding hydrogens is 260 g/mol. The van der Waals surface area contributed by atoms with Crippen molar-refractivity contribution in [1.29, 1.82) is 0 Å². The van der Waals surface area contributed by atoms with Crippen LogP contribution >= 0.6 is 0 Å². The first-order valence-corrected chi connectivity index (χ1v) is 8.04. The van der Waals surface area contributed by atoms with Crippen molar-refractivity contribution in [2.75, 3.05) is 26.7 Å². The van der Waals surface area contributed by atoms with Crippen LogP contribution in [0, 0.1) is 6.92 Å². The molecule has 21 heavy (non-hydrogen) atoms. The monoisotopic (exact) mass is 290 g/mol. The molecule has 0 bridgehead atoms. The zero-order valence-electron chi connectivity index (χ0n) is 14.1. The number of nitrogens with zero attached hydrogens (tertiary/aromatic N) is 1. The molecule has 0 aliphatic carbocycles. The van der Waals surface area contributed by atoms with Crippen LogP contribution in [0.3, 0.4) is 0 Å². The lowest BCUT2D eigenvalue weighted by Crippen LogP contribution is -2.52. The number of ether oxygens (including phenoxy) is 1. The summed E-state index contributed by atoms with van der Waals surface area (Å²) in [6.45, 7) is 11.9. The van der Waals surface area contributed by atoms with Gasteiger partial charge in [-0.2, -0.15) is 0 Å². The number of morpholine rings is 1. The van der Waals surface area contributed by atoms with E-state index in [2.05, 4.69) is 69.2 Å². The molecule has 2 atom stereocenters. The molecule has 1 aliphatic rings. The highest BCUT2D eigenvalue weighted by molar-refractivity contribution is 5.28.